The summed E-state index contributed by atoms with van der Waals surface area (Å²) >= 11 is 0. The molecule has 0 aliphatic heterocycles. The highest BCUT2D eigenvalue weighted by Crippen LogP contribution is 2.14. The molecule has 0 amide bonds. The molecule has 0 radical (unpaired) electrons. The molecule has 0 unspecified atom stereocenters. The fourth-order valence-electron chi connectivity index (χ4n) is 0.827. The molecule has 3 nitrogen and oxygen atoms in total. The molecule has 1 aromatic rings. The van der Waals surface area contributed by atoms with Crippen LogP contribution in [0.15, 0.2) is 16.9 Å². The first-order valence-corrected chi connectivity index (χ1v) is 3.25. The molecular formula is C7H7F2NO2. The van der Waals surface area contributed by atoms with Gasteiger partial charge in [-0.05, 0) is 0 Å². The van der Waals surface area contributed by atoms with E-state index in [-0.39, 0.29) is 5.69 Å². The van der Waals surface area contributed by atoms with Crippen LogP contribution in [-0.2, 0) is 6.61 Å². The Bertz CT molecular complexity index is 321. The van der Waals surface area contributed by atoms with Gasteiger partial charge in [-0.2, -0.15) is 0 Å². The lowest BCUT2D eigenvalue weighted by Gasteiger charge is -2.01. The third-order valence-corrected chi connectivity index (χ3v) is 1.32. The van der Waals surface area contributed by atoms with Crippen molar-refractivity contribution in [3.63, 3.8) is 0 Å². The van der Waals surface area contributed by atoms with Crippen LogP contribution in [0.2, 0.25) is 0 Å². The van der Waals surface area contributed by atoms with E-state index in [1.165, 1.54) is 0 Å². The van der Waals surface area contributed by atoms with Gasteiger partial charge in [0.05, 0.1) is 12.3 Å². The lowest BCUT2D eigenvalue weighted by Crippen LogP contribution is -2.06. The summed E-state index contributed by atoms with van der Waals surface area (Å²) in [6.45, 7) is -0.449. The van der Waals surface area contributed by atoms with E-state index in [1.54, 1.807) is 0 Å². The summed E-state index contributed by atoms with van der Waals surface area (Å²) in [5, 5.41) is 8.55. The fourth-order valence-corrected chi connectivity index (χ4v) is 0.827. The van der Waals surface area contributed by atoms with Gasteiger partial charge in [0.15, 0.2) is 5.43 Å². The first-order chi connectivity index (χ1) is 5.63. The molecule has 0 saturated heterocycles. The zero-order valence-electron chi connectivity index (χ0n) is 6.05. The van der Waals surface area contributed by atoms with E-state index in [4.69, 9.17) is 5.11 Å². The van der Waals surface area contributed by atoms with Crippen molar-refractivity contribution in [1.29, 1.82) is 0 Å². The molecule has 1 rings (SSSR count). The van der Waals surface area contributed by atoms with Crippen molar-refractivity contribution < 1.29 is 13.9 Å². The number of nitrogens with one attached hydrogen (secondary N) is 1. The van der Waals surface area contributed by atoms with E-state index in [9.17, 15) is 13.6 Å². The van der Waals surface area contributed by atoms with Crippen LogP contribution in [0, 0.1) is 0 Å². The summed E-state index contributed by atoms with van der Waals surface area (Å²) in [5.41, 5.74) is -0.905. The predicted molar refractivity (Wildman–Crippen MR) is 37.9 cm³/mol. The standard InChI is InChI=1S/C7H7F2NO2/c8-7(9)6-2-5(12)1-4(3-11)10-6/h1-2,7,11H,3H2,(H,10,12). The van der Waals surface area contributed by atoms with Crippen LogP contribution in [0.3, 0.4) is 0 Å². The molecule has 0 aliphatic rings. The van der Waals surface area contributed by atoms with Gasteiger partial charge in [0.1, 0.15) is 0 Å². The summed E-state index contributed by atoms with van der Waals surface area (Å²) in [6, 6.07) is 1.88. The molecule has 0 atom stereocenters. The van der Waals surface area contributed by atoms with Crippen LogP contribution in [-0.4, -0.2) is 10.1 Å². The number of alkyl halides is 2. The predicted octanol–water partition coefficient (Wildman–Crippen LogP) is 0.805. The highest BCUT2D eigenvalue weighted by Gasteiger charge is 2.08. The van der Waals surface area contributed by atoms with Gasteiger partial charge in [-0.25, -0.2) is 8.78 Å². The van der Waals surface area contributed by atoms with Crippen molar-refractivity contribution in [2.45, 2.75) is 13.0 Å². The smallest absolute Gasteiger partial charge is 0.278 e. The maximum Gasteiger partial charge on any atom is 0.278 e. The minimum atomic E-state index is -2.72. The number of hydrogen-bond acceptors (Lipinski definition) is 2. The Kier molecular flexibility index (Phi) is 2.54. The molecule has 0 aromatic carbocycles. The minimum Gasteiger partial charge on any atom is -0.390 e. The number of aliphatic hydroxyl groups is 1. The van der Waals surface area contributed by atoms with Gasteiger partial charge in [0.2, 0.25) is 0 Å². The van der Waals surface area contributed by atoms with E-state index >= 15 is 0 Å². The Morgan fingerprint density at radius 2 is 2.17 bits per heavy atom. The van der Waals surface area contributed by atoms with Crippen LogP contribution in [0.25, 0.3) is 0 Å². The first kappa shape index (κ1) is 8.86. The van der Waals surface area contributed by atoms with Gasteiger partial charge >= 0.3 is 0 Å². The molecule has 5 heteroatoms. The first-order valence-electron chi connectivity index (χ1n) is 3.25. The number of aromatic amines is 1. The van der Waals surface area contributed by atoms with E-state index in [0.717, 1.165) is 12.1 Å². The molecule has 0 saturated carbocycles. The SMILES string of the molecule is O=c1cc(CO)[nH]c(C(F)F)c1. The molecule has 1 aromatic heterocycles. The second kappa shape index (κ2) is 3.44. The zero-order chi connectivity index (χ0) is 9.14. The maximum atomic E-state index is 12.0. The molecule has 0 spiro atoms. The maximum absolute atomic E-state index is 12.0. The second-order valence-corrected chi connectivity index (χ2v) is 2.26. The van der Waals surface area contributed by atoms with Crippen molar-refractivity contribution in [3.8, 4) is 0 Å². The molecule has 0 bridgehead atoms. The van der Waals surface area contributed by atoms with Gasteiger partial charge in [-0.3, -0.25) is 4.79 Å². The van der Waals surface area contributed by atoms with Crippen LogP contribution in [0.5, 0.6) is 0 Å². The Labute approximate surface area is 66.7 Å². The van der Waals surface area contributed by atoms with Gasteiger partial charge in [-0.15, -0.1) is 0 Å². The monoisotopic (exact) mass is 175 g/mol. The minimum absolute atomic E-state index is 0.0952. The van der Waals surface area contributed by atoms with E-state index in [2.05, 4.69) is 4.98 Å². The number of rotatable bonds is 2. The van der Waals surface area contributed by atoms with Crippen molar-refractivity contribution in [3.05, 3.63) is 33.7 Å². The van der Waals surface area contributed by atoms with E-state index in [1.807, 2.05) is 0 Å². The average molecular weight is 175 g/mol. The highest BCUT2D eigenvalue weighted by molar-refractivity contribution is 5.11. The Hall–Kier alpha value is -1.23. The van der Waals surface area contributed by atoms with Gasteiger partial charge in [-0.1, -0.05) is 0 Å². The summed E-state index contributed by atoms with van der Waals surface area (Å²) in [4.78, 5) is 12.9. The van der Waals surface area contributed by atoms with Crippen LogP contribution in [0.4, 0.5) is 8.78 Å². The number of H-pyrrole nitrogens is 1. The zero-order valence-corrected chi connectivity index (χ0v) is 6.05. The van der Waals surface area contributed by atoms with E-state index < -0.39 is 24.2 Å². The fraction of sp³-hybridized carbons (Fsp3) is 0.286. The van der Waals surface area contributed by atoms with Gasteiger partial charge < -0.3 is 10.1 Å². The van der Waals surface area contributed by atoms with Crippen LogP contribution >= 0.6 is 0 Å². The number of aromatic nitrogens is 1. The summed E-state index contributed by atoms with van der Waals surface area (Å²) < 4.78 is 24.0. The second-order valence-electron chi connectivity index (χ2n) is 2.26. The van der Waals surface area contributed by atoms with Gasteiger partial charge in [0.25, 0.3) is 6.43 Å². The Morgan fingerprint density at radius 3 is 2.67 bits per heavy atom. The lowest BCUT2D eigenvalue weighted by atomic mass is 10.3. The Balaban J connectivity index is 3.15. The number of aliphatic hydroxyl groups excluding tert-OH is 1. The number of halogens is 2. The van der Waals surface area contributed by atoms with Crippen LogP contribution < -0.4 is 5.43 Å². The van der Waals surface area contributed by atoms with E-state index in [0.29, 0.717) is 0 Å². The molecule has 0 aliphatic carbocycles. The third kappa shape index (κ3) is 1.88. The van der Waals surface area contributed by atoms with Crippen LogP contribution in [0.1, 0.15) is 17.8 Å². The molecule has 1 heterocycles. The topological polar surface area (TPSA) is 53.1 Å². The molecule has 12 heavy (non-hydrogen) atoms. The van der Waals surface area contributed by atoms with Crippen molar-refractivity contribution >= 4 is 0 Å². The summed E-state index contributed by atoms with van der Waals surface area (Å²) in [5.74, 6) is 0. The number of pyridine rings is 1. The quantitative estimate of drug-likeness (QED) is 0.698. The average Bonchev–Trinajstić information content (AvgIpc) is 2.03. The third-order valence-electron chi connectivity index (χ3n) is 1.32. The summed E-state index contributed by atoms with van der Waals surface area (Å²) in [6.07, 6.45) is -2.72. The van der Waals surface area contributed by atoms with Crippen molar-refractivity contribution in [2.75, 3.05) is 0 Å². The number of hydrogen-bond donors (Lipinski definition) is 2. The van der Waals surface area contributed by atoms with Crippen molar-refractivity contribution in [2.24, 2.45) is 0 Å². The highest BCUT2D eigenvalue weighted by atomic mass is 19.3. The van der Waals surface area contributed by atoms with Crippen molar-refractivity contribution in [1.82, 2.24) is 4.98 Å². The molecular weight excluding hydrogens is 168 g/mol. The lowest BCUT2D eigenvalue weighted by molar-refractivity contribution is 0.145. The largest absolute Gasteiger partial charge is 0.390 e. The summed E-state index contributed by atoms with van der Waals surface area (Å²) in [7, 11) is 0. The normalized spacial score (nSPS) is 10.7. The molecule has 66 valence electrons. The Morgan fingerprint density at radius 1 is 1.50 bits per heavy atom. The van der Waals surface area contributed by atoms with Gasteiger partial charge in [0, 0.05) is 17.8 Å². The molecule has 0 fully saturated rings. The molecule has 2 N–H and O–H groups in total.